The summed E-state index contributed by atoms with van der Waals surface area (Å²) < 4.78 is 0. The molecule has 9 heteroatoms. The second kappa shape index (κ2) is 6.75. The molecule has 0 unspecified atom stereocenters. The van der Waals surface area contributed by atoms with Gasteiger partial charge in [0.25, 0.3) is 11.7 Å². The molecule has 1 saturated heterocycles. The predicted octanol–water partition coefficient (Wildman–Crippen LogP) is 0.712. The summed E-state index contributed by atoms with van der Waals surface area (Å²) in [7, 11) is 0. The van der Waals surface area contributed by atoms with Crippen molar-refractivity contribution in [3.05, 3.63) is 5.82 Å². The first-order chi connectivity index (χ1) is 13.9. The number of likely N-dealkylation sites (tertiary alicyclic amines) is 1. The van der Waals surface area contributed by atoms with Crippen molar-refractivity contribution >= 4 is 11.8 Å². The van der Waals surface area contributed by atoms with Crippen LogP contribution in [0.15, 0.2) is 0 Å². The van der Waals surface area contributed by atoms with Crippen LogP contribution in [0.4, 0.5) is 0 Å². The molecule has 5 aliphatic rings. The van der Waals surface area contributed by atoms with Gasteiger partial charge < -0.3 is 16.0 Å². The van der Waals surface area contributed by atoms with Gasteiger partial charge in [0.05, 0.1) is 5.54 Å². The molecule has 1 aromatic rings. The largest absolute Gasteiger partial charge is 0.349 e. The molecular weight excluding hydrogens is 370 g/mol. The highest BCUT2D eigenvalue weighted by Gasteiger charge is 2.51. The minimum absolute atomic E-state index is 0.00378. The SMILES string of the molecule is C[C@]1(CN)CCCN1C(=O)c1nnn(CC(=O)NC23CC4CC(CC(C4)C2)C3)n1. The smallest absolute Gasteiger partial charge is 0.295 e. The van der Waals surface area contributed by atoms with E-state index in [9.17, 15) is 9.59 Å². The molecule has 2 heterocycles. The Morgan fingerprint density at radius 3 is 2.45 bits per heavy atom. The highest BCUT2D eigenvalue weighted by molar-refractivity contribution is 5.91. The lowest BCUT2D eigenvalue weighted by atomic mass is 9.53. The summed E-state index contributed by atoms with van der Waals surface area (Å²) in [6, 6.07) is 0. The number of nitrogens with one attached hydrogen (secondary N) is 1. The summed E-state index contributed by atoms with van der Waals surface area (Å²) in [4.78, 5) is 28.5. The standard InChI is InChI=1S/C20H31N7O2/c1-19(12-21)3-2-4-26(19)18(29)17-23-25-27(24-17)11-16(28)22-20-8-13-5-14(9-20)7-15(6-13)10-20/h13-15H,2-12,21H2,1H3,(H,22,28)/t13?,14?,15?,19-,20?/m1/s1. The summed E-state index contributed by atoms with van der Waals surface area (Å²) in [6.07, 6.45) is 9.11. The fourth-order valence-corrected chi connectivity index (χ4v) is 6.83. The van der Waals surface area contributed by atoms with Crippen LogP contribution in [0.5, 0.6) is 0 Å². The zero-order chi connectivity index (χ0) is 20.2. The van der Waals surface area contributed by atoms with E-state index in [0.717, 1.165) is 49.9 Å². The first-order valence-electron chi connectivity index (χ1n) is 11.0. The van der Waals surface area contributed by atoms with Gasteiger partial charge >= 0.3 is 0 Å². The second-order valence-electron chi connectivity index (χ2n) is 10.2. The van der Waals surface area contributed by atoms with Crippen molar-refractivity contribution < 1.29 is 9.59 Å². The highest BCUT2D eigenvalue weighted by Crippen LogP contribution is 2.55. The molecule has 29 heavy (non-hydrogen) atoms. The fourth-order valence-electron chi connectivity index (χ4n) is 6.83. The van der Waals surface area contributed by atoms with Gasteiger partial charge in [-0.3, -0.25) is 9.59 Å². The van der Waals surface area contributed by atoms with Crippen molar-refractivity contribution in [1.29, 1.82) is 0 Å². The van der Waals surface area contributed by atoms with E-state index >= 15 is 0 Å². The summed E-state index contributed by atoms with van der Waals surface area (Å²) in [5, 5.41) is 15.4. The zero-order valence-corrected chi connectivity index (χ0v) is 17.1. The maximum atomic E-state index is 12.8. The number of aromatic nitrogens is 4. The Morgan fingerprint density at radius 2 is 1.83 bits per heavy atom. The average Bonchev–Trinajstić information content (AvgIpc) is 3.26. The van der Waals surface area contributed by atoms with E-state index in [1.165, 1.54) is 24.1 Å². The molecule has 9 nitrogen and oxygen atoms in total. The summed E-state index contributed by atoms with van der Waals surface area (Å²) in [5.41, 5.74) is 5.48. The Labute approximate surface area is 170 Å². The lowest BCUT2D eigenvalue weighted by molar-refractivity contribution is -0.127. The monoisotopic (exact) mass is 401 g/mol. The molecule has 6 rings (SSSR count). The van der Waals surface area contributed by atoms with Crippen molar-refractivity contribution in [2.45, 2.75) is 75.9 Å². The first kappa shape index (κ1) is 19.0. The molecule has 4 bridgehead atoms. The second-order valence-corrected chi connectivity index (χ2v) is 10.2. The number of hydrogen-bond acceptors (Lipinski definition) is 6. The van der Waals surface area contributed by atoms with E-state index in [4.69, 9.17) is 5.73 Å². The highest BCUT2D eigenvalue weighted by atomic mass is 16.2. The normalized spacial score (nSPS) is 37.9. The molecule has 2 amide bonds. The van der Waals surface area contributed by atoms with Gasteiger partial charge in [0.1, 0.15) is 6.54 Å². The Bertz CT molecular complexity index is 786. The van der Waals surface area contributed by atoms with Gasteiger partial charge in [-0.05, 0) is 81.3 Å². The number of amides is 2. The molecule has 5 fully saturated rings. The van der Waals surface area contributed by atoms with E-state index in [0.29, 0.717) is 13.1 Å². The Hall–Kier alpha value is -2.03. The van der Waals surface area contributed by atoms with Gasteiger partial charge in [-0.2, -0.15) is 4.80 Å². The molecular formula is C20H31N7O2. The third-order valence-electron chi connectivity index (χ3n) is 7.81. The lowest BCUT2D eigenvalue weighted by Crippen LogP contribution is -2.60. The van der Waals surface area contributed by atoms with Crippen molar-refractivity contribution in [1.82, 2.24) is 30.4 Å². The van der Waals surface area contributed by atoms with Crippen molar-refractivity contribution in [2.24, 2.45) is 23.5 Å². The Balaban J connectivity index is 1.23. The maximum Gasteiger partial charge on any atom is 0.295 e. The van der Waals surface area contributed by atoms with Gasteiger partial charge in [-0.1, -0.05) is 0 Å². The molecule has 1 aliphatic heterocycles. The number of hydrogen-bond donors (Lipinski definition) is 2. The molecule has 4 saturated carbocycles. The van der Waals surface area contributed by atoms with Crippen LogP contribution in [0.1, 0.15) is 68.9 Å². The van der Waals surface area contributed by atoms with E-state index in [1.807, 2.05) is 6.92 Å². The number of rotatable bonds is 5. The first-order valence-corrected chi connectivity index (χ1v) is 11.0. The number of carbonyl (C=O) groups excluding carboxylic acids is 2. The van der Waals surface area contributed by atoms with Crippen molar-refractivity contribution in [2.75, 3.05) is 13.1 Å². The van der Waals surface area contributed by atoms with Crippen LogP contribution in [0.25, 0.3) is 0 Å². The van der Waals surface area contributed by atoms with Crippen LogP contribution >= 0.6 is 0 Å². The van der Waals surface area contributed by atoms with Crippen LogP contribution in [0, 0.1) is 17.8 Å². The number of tetrazole rings is 1. The van der Waals surface area contributed by atoms with E-state index in [2.05, 4.69) is 20.7 Å². The summed E-state index contributed by atoms with van der Waals surface area (Å²) in [5.74, 6) is 2.00. The predicted molar refractivity (Wildman–Crippen MR) is 105 cm³/mol. The van der Waals surface area contributed by atoms with E-state index in [1.54, 1.807) is 4.90 Å². The molecule has 4 aliphatic carbocycles. The van der Waals surface area contributed by atoms with Gasteiger partial charge in [0, 0.05) is 18.6 Å². The third-order valence-corrected chi connectivity index (χ3v) is 7.81. The average molecular weight is 402 g/mol. The summed E-state index contributed by atoms with van der Waals surface area (Å²) in [6.45, 7) is 3.03. The molecule has 1 aromatic heterocycles. The summed E-state index contributed by atoms with van der Waals surface area (Å²) >= 11 is 0. The van der Waals surface area contributed by atoms with Crippen LogP contribution in [-0.2, 0) is 11.3 Å². The molecule has 1 atom stereocenters. The number of nitrogens with zero attached hydrogens (tertiary/aromatic N) is 5. The minimum Gasteiger partial charge on any atom is -0.349 e. The number of nitrogens with two attached hydrogens (primary N) is 1. The van der Waals surface area contributed by atoms with E-state index in [-0.39, 0.29) is 35.3 Å². The molecule has 158 valence electrons. The molecule has 0 radical (unpaired) electrons. The van der Waals surface area contributed by atoms with E-state index < -0.39 is 0 Å². The van der Waals surface area contributed by atoms with Gasteiger partial charge in [0.15, 0.2) is 0 Å². The van der Waals surface area contributed by atoms with Crippen LogP contribution in [0.3, 0.4) is 0 Å². The van der Waals surface area contributed by atoms with Crippen LogP contribution in [-0.4, -0.2) is 61.1 Å². The quantitative estimate of drug-likeness (QED) is 0.750. The number of carbonyl (C=O) groups is 2. The van der Waals surface area contributed by atoms with Crippen molar-refractivity contribution in [3.8, 4) is 0 Å². The fraction of sp³-hybridized carbons (Fsp3) is 0.850. The zero-order valence-electron chi connectivity index (χ0n) is 17.1. The maximum absolute atomic E-state index is 12.8. The minimum atomic E-state index is -0.363. The van der Waals surface area contributed by atoms with Gasteiger partial charge in [-0.15, -0.1) is 10.2 Å². The van der Waals surface area contributed by atoms with Crippen LogP contribution < -0.4 is 11.1 Å². The van der Waals surface area contributed by atoms with Gasteiger partial charge in [0.2, 0.25) is 5.91 Å². The lowest BCUT2D eigenvalue weighted by Gasteiger charge is -2.56. The Morgan fingerprint density at radius 1 is 1.17 bits per heavy atom. The molecule has 0 spiro atoms. The topological polar surface area (TPSA) is 119 Å². The Kier molecular flexibility index (Phi) is 4.42. The molecule has 0 aromatic carbocycles. The molecule has 3 N–H and O–H groups in total. The van der Waals surface area contributed by atoms with Crippen LogP contribution in [0.2, 0.25) is 0 Å². The van der Waals surface area contributed by atoms with Crippen molar-refractivity contribution in [3.63, 3.8) is 0 Å². The third kappa shape index (κ3) is 3.33. The van der Waals surface area contributed by atoms with Gasteiger partial charge in [-0.25, -0.2) is 0 Å².